The fraction of sp³-hybridized carbons (Fsp3) is 0.396. The Hall–Kier alpha value is -10.8. The van der Waals surface area contributed by atoms with Crippen molar-refractivity contribution in [2.24, 2.45) is 0 Å². The molecule has 686 valence electrons. The number of aliphatic hydroxyl groups is 8. The molecule has 10 aromatic heterocycles. The molecular weight excluding hydrogens is 1660 g/mol. The third kappa shape index (κ3) is 19.2. The number of rotatable bonds is 17. The molecule has 15 aromatic rings. The zero-order valence-electron chi connectivity index (χ0n) is 78.4. The number of likely N-dealkylation sites (N-methyl/N-ethyl adjacent to an activating group) is 5. The molecule has 20 rings (SSSR count). The fourth-order valence-corrected chi connectivity index (χ4v) is 20.7. The Morgan fingerprint density at radius 1 is 0.389 bits per heavy atom. The first-order valence-corrected chi connectivity index (χ1v) is 46.0. The SMILES string of the molecule is CN1CCc2c(c3cc(Cl)ccc3n2CC(C)(O)c2cncnc2)C1.Cc1cc2c3c(n(CC(C)(O)c4cccnc4)c2cc1CO)CCN(C)C3.Cc1ccc2c(c1)c1c(n2CC(C)(O)c2cccnc2)C(O)CN(C)C1.Cc1ccc2c(c1)c1c(n2CC(C)(O)c2cccnc2)CCN(C)C1C.Cc1ccc2c(c1CO)c1c(n2CC(C)(O)c2cccnc2)CCN(C)C1. The van der Waals surface area contributed by atoms with Crippen LogP contribution in [0.1, 0.15) is 171 Å². The molecule has 25 heteroatoms. The van der Waals surface area contributed by atoms with Gasteiger partial charge in [0.1, 0.15) is 40.4 Å². The van der Waals surface area contributed by atoms with Crippen LogP contribution in [-0.4, -0.2) is 186 Å². The maximum Gasteiger partial charge on any atom is 0.115 e. The highest BCUT2D eigenvalue weighted by Gasteiger charge is 2.38. The first-order valence-electron chi connectivity index (χ1n) is 45.7. The number of aliphatic hydroxyl groups excluding tert-OH is 3. The highest BCUT2D eigenvalue weighted by atomic mass is 35.5. The van der Waals surface area contributed by atoms with E-state index in [9.17, 15) is 40.9 Å². The Balaban J connectivity index is 0.000000120. The van der Waals surface area contributed by atoms with E-state index in [1.54, 1.807) is 68.9 Å². The average Bonchev–Trinajstić information content (AvgIpc) is 1.62. The Bertz CT molecular complexity index is 6540. The van der Waals surface area contributed by atoms with E-state index >= 15 is 0 Å². The lowest BCUT2D eigenvalue weighted by Gasteiger charge is -2.32. The second kappa shape index (κ2) is 38.1. The van der Waals surface area contributed by atoms with Gasteiger partial charge in [-0.15, -0.1) is 0 Å². The van der Waals surface area contributed by atoms with Gasteiger partial charge in [-0.05, 0) is 239 Å². The number of hydrogen-bond donors (Lipinski definition) is 8. The molecule has 0 bridgehead atoms. The van der Waals surface area contributed by atoms with Crippen molar-refractivity contribution < 1.29 is 40.9 Å². The molecule has 15 heterocycles. The monoisotopic (exact) mass is 1790 g/mol. The standard InChI is InChI=1S/2C22H27N3O2.C22H27N3O.C21H25N3O2.C19H21ClN4O/c1-15-6-7-20-21(18(15)13-26)17-12-24(3)10-8-19(17)25(20)14-22(2,27)16-5-4-9-23-11-16;1-15-9-18-19-12-24(3)8-6-20(19)25(21(18)10-16(15)13-26)14-22(2,27)17-5-4-7-23-11-17;1-15-7-8-19-18(12-15)21-16(2)24(4)11-9-20(21)25(19)14-22(3,26)17-6-5-10-23-13-17;1-14-6-7-18-16(9-14)17-11-23(3)12-19(25)20(17)24(18)13-21(2,26)15-5-4-8-22-10-15;1-19(25,13-8-21-12-22-9-13)11-24-17-4-3-14(20)7-15(17)16-10-23(2)6-5-18(16)24/h4-7,9,11,26-27H,8,10,12-14H2,1-3H3;4-5,7,9-11,26-27H,6,8,12-14H2,1-3H3;5-8,10,12-13,16,26H,9,11,14H2,1-4H3;4-10,19,25-26H,11-13H2,1-3H3;3-4,7-9,12,25H,5-6,10-11H2,1-2H3. The number of aromatic nitrogens is 11. The summed E-state index contributed by atoms with van der Waals surface area (Å²) < 4.78 is 11.2. The van der Waals surface area contributed by atoms with Crippen LogP contribution in [0.3, 0.4) is 0 Å². The minimum Gasteiger partial charge on any atom is -0.392 e. The van der Waals surface area contributed by atoms with Gasteiger partial charge >= 0.3 is 0 Å². The van der Waals surface area contributed by atoms with E-state index in [-0.39, 0.29) is 13.2 Å². The highest BCUT2D eigenvalue weighted by molar-refractivity contribution is 6.31. The van der Waals surface area contributed by atoms with Gasteiger partial charge < -0.3 is 78.4 Å². The number of halogens is 1. The number of β-amino-alcohol motifs (C(OH)–C–C–N with tert-alkyl or cyclic N) is 1. The Labute approximate surface area is 773 Å². The Morgan fingerprint density at radius 3 is 1.28 bits per heavy atom. The van der Waals surface area contributed by atoms with Gasteiger partial charge in [-0.2, -0.15) is 0 Å². The van der Waals surface area contributed by atoms with Crippen LogP contribution in [-0.2, 0) is 126 Å². The molecular formula is C106H127ClN16O8. The first kappa shape index (κ1) is 93.5. The second-order valence-corrected chi connectivity index (χ2v) is 39.0. The molecule has 0 saturated heterocycles. The van der Waals surface area contributed by atoms with Gasteiger partial charge in [0.2, 0.25) is 0 Å². The van der Waals surface area contributed by atoms with Crippen LogP contribution >= 0.6 is 11.6 Å². The van der Waals surface area contributed by atoms with E-state index < -0.39 is 34.1 Å². The molecule has 0 radical (unpaired) electrons. The first-order chi connectivity index (χ1) is 62.5. The van der Waals surface area contributed by atoms with Gasteiger partial charge in [0, 0.05) is 263 Å². The topological polar surface area (TPSA) is 280 Å². The number of fused-ring (bicyclic) bond motifs is 15. The van der Waals surface area contributed by atoms with E-state index in [1.807, 2.05) is 115 Å². The quantitative estimate of drug-likeness (QED) is 0.0420. The van der Waals surface area contributed by atoms with Crippen molar-refractivity contribution in [2.75, 3.05) is 68.0 Å². The third-order valence-corrected chi connectivity index (χ3v) is 28.2. The number of benzene rings is 5. The predicted molar refractivity (Wildman–Crippen MR) is 518 cm³/mol. The zero-order chi connectivity index (χ0) is 92.9. The summed E-state index contributed by atoms with van der Waals surface area (Å²) in [5.41, 5.74) is 23.6. The van der Waals surface area contributed by atoms with Crippen molar-refractivity contribution in [3.63, 3.8) is 0 Å². The Morgan fingerprint density at radius 2 is 0.786 bits per heavy atom. The van der Waals surface area contributed by atoms with Gasteiger partial charge in [0.25, 0.3) is 0 Å². The zero-order valence-corrected chi connectivity index (χ0v) is 79.1. The molecule has 8 N–H and O–H groups in total. The van der Waals surface area contributed by atoms with Crippen molar-refractivity contribution in [1.82, 2.24) is 77.2 Å². The number of aryl methyl sites for hydroxylation is 4. The summed E-state index contributed by atoms with van der Waals surface area (Å²) in [6.07, 6.45) is 21.9. The lowest BCUT2D eigenvalue weighted by molar-refractivity contribution is 0.0332. The van der Waals surface area contributed by atoms with Gasteiger partial charge in [0.05, 0.1) is 51.6 Å². The molecule has 24 nitrogen and oxygen atoms in total. The summed E-state index contributed by atoms with van der Waals surface area (Å²) in [4.78, 5) is 36.3. The molecule has 0 spiro atoms. The summed E-state index contributed by atoms with van der Waals surface area (Å²) in [7, 11) is 10.6. The number of hydrogen-bond acceptors (Lipinski definition) is 19. The normalized spacial score (nSPS) is 18.4. The van der Waals surface area contributed by atoms with Crippen molar-refractivity contribution in [1.29, 1.82) is 0 Å². The summed E-state index contributed by atoms with van der Waals surface area (Å²) in [6, 6.07) is 43.0. The minimum atomic E-state index is -1.08. The van der Waals surface area contributed by atoms with Crippen LogP contribution in [0, 0.1) is 27.7 Å². The molecule has 0 saturated carbocycles. The second-order valence-electron chi connectivity index (χ2n) is 38.5. The lowest BCUT2D eigenvalue weighted by Crippen LogP contribution is -2.34. The molecule has 0 fully saturated rings. The smallest absolute Gasteiger partial charge is 0.115 e. The molecule has 5 aliphatic rings. The van der Waals surface area contributed by atoms with E-state index in [4.69, 9.17) is 11.6 Å². The van der Waals surface area contributed by atoms with Crippen molar-refractivity contribution >= 4 is 66.1 Å². The number of pyridine rings is 4. The lowest BCUT2D eigenvalue weighted by atomic mass is 9.96. The van der Waals surface area contributed by atoms with Gasteiger partial charge in [-0.1, -0.05) is 65.2 Å². The van der Waals surface area contributed by atoms with Gasteiger partial charge in [0.15, 0.2) is 0 Å². The third-order valence-electron chi connectivity index (χ3n) is 28.0. The molecule has 0 amide bonds. The van der Waals surface area contributed by atoms with Crippen LogP contribution in [0.5, 0.6) is 0 Å². The maximum absolute atomic E-state index is 11.2. The average molecular weight is 1790 g/mol. The molecule has 5 aromatic carbocycles. The van der Waals surface area contributed by atoms with Gasteiger partial charge in [-0.3, -0.25) is 29.7 Å². The molecule has 0 aliphatic carbocycles. The largest absolute Gasteiger partial charge is 0.392 e. The van der Waals surface area contributed by atoms with Crippen LogP contribution < -0.4 is 0 Å². The van der Waals surface area contributed by atoms with E-state index in [0.717, 1.165) is 172 Å². The van der Waals surface area contributed by atoms with Crippen molar-refractivity contribution in [3.8, 4) is 0 Å². The van der Waals surface area contributed by atoms with Crippen LogP contribution in [0.25, 0.3) is 54.5 Å². The number of nitrogens with zero attached hydrogens (tertiary/aromatic N) is 16. The Kier molecular flexibility index (Phi) is 27.2. The van der Waals surface area contributed by atoms with Crippen molar-refractivity contribution in [3.05, 3.63) is 318 Å². The maximum atomic E-state index is 11.2. The highest BCUT2D eigenvalue weighted by Crippen LogP contribution is 2.44. The summed E-state index contributed by atoms with van der Waals surface area (Å²) in [5.74, 6) is 0. The van der Waals surface area contributed by atoms with Crippen LogP contribution in [0.15, 0.2) is 196 Å². The molecule has 131 heavy (non-hydrogen) atoms. The van der Waals surface area contributed by atoms with E-state index in [2.05, 4.69) is 187 Å². The summed E-state index contributed by atoms with van der Waals surface area (Å²) in [5, 5.41) is 93.3. The summed E-state index contributed by atoms with van der Waals surface area (Å²) >= 11 is 6.25. The predicted octanol–water partition coefficient (Wildman–Crippen LogP) is 15.0. The molecule has 7 atom stereocenters. The molecule has 5 aliphatic heterocycles. The fourth-order valence-electron chi connectivity index (χ4n) is 20.6. The van der Waals surface area contributed by atoms with Crippen LogP contribution in [0.2, 0.25) is 5.02 Å². The summed E-state index contributed by atoms with van der Waals surface area (Å²) in [6.45, 7) is 30.2. The van der Waals surface area contributed by atoms with Gasteiger partial charge in [-0.25, -0.2) is 9.97 Å². The van der Waals surface area contributed by atoms with Crippen LogP contribution in [0.4, 0.5) is 0 Å². The van der Waals surface area contributed by atoms with Crippen molar-refractivity contribution in [2.45, 2.75) is 207 Å². The molecule has 7 unspecified atom stereocenters. The van der Waals surface area contributed by atoms with E-state index in [0.29, 0.717) is 50.9 Å². The minimum absolute atomic E-state index is 0.0243. The van der Waals surface area contributed by atoms with E-state index in [1.165, 1.54) is 84.2 Å².